The van der Waals surface area contributed by atoms with E-state index in [1.54, 1.807) is 0 Å². The monoisotopic (exact) mass is 171 g/mol. The highest BCUT2D eigenvalue weighted by molar-refractivity contribution is 5.76. The van der Waals surface area contributed by atoms with E-state index in [1.807, 2.05) is 0 Å². The number of rotatable bonds is 2. The molecule has 0 bridgehead atoms. The highest BCUT2D eigenvalue weighted by atomic mass is 16.1. The van der Waals surface area contributed by atoms with Crippen LogP contribution in [0.25, 0.3) is 0 Å². The Hall–Kier alpha value is -0.570. The lowest BCUT2D eigenvalue weighted by Gasteiger charge is -2.19. The summed E-state index contributed by atoms with van der Waals surface area (Å²) in [5.74, 6) is 0.230. The van der Waals surface area contributed by atoms with Crippen LogP contribution < -0.4 is 11.1 Å². The minimum Gasteiger partial charge on any atom is -0.357 e. The Morgan fingerprint density at radius 2 is 2.25 bits per heavy atom. The zero-order valence-electron chi connectivity index (χ0n) is 7.64. The highest BCUT2D eigenvalue weighted by Crippen LogP contribution is 2.11. The standard InChI is InChI=1S/C9H18N2O/c10-7-6-8-4-2-1-3-5-9(12)11-8/h8H,1-7,10H2,(H,11,12)/p+1/t8-/m0/s1. The fraction of sp³-hybridized carbons (Fsp3) is 0.889. The largest absolute Gasteiger partial charge is 0.357 e. The van der Waals surface area contributed by atoms with Crippen LogP contribution in [0.1, 0.15) is 38.5 Å². The van der Waals surface area contributed by atoms with Crippen molar-refractivity contribution in [1.29, 1.82) is 0 Å². The molecule has 0 aromatic rings. The molecule has 1 fully saturated rings. The lowest BCUT2D eigenvalue weighted by Crippen LogP contribution is -2.53. The third kappa shape index (κ3) is 3.22. The Labute approximate surface area is 73.7 Å². The Balaban J connectivity index is 2.33. The average Bonchev–Trinajstić information content (AvgIpc) is 2.00. The molecule has 1 aliphatic rings. The molecule has 0 aliphatic carbocycles. The van der Waals surface area contributed by atoms with Gasteiger partial charge in [0.25, 0.3) is 0 Å². The van der Waals surface area contributed by atoms with Gasteiger partial charge in [-0.2, -0.15) is 0 Å². The minimum atomic E-state index is 0.230. The molecule has 4 N–H and O–H groups in total. The molecular formula is C9H19N2O+. The van der Waals surface area contributed by atoms with Crippen LogP contribution in [0.2, 0.25) is 0 Å². The van der Waals surface area contributed by atoms with Crippen molar-refractivity contribution in [3.8, 4) is 0 Å². The van der Waals surface area contributed by atoms with Gasteiger partial charge in [0.2, 0.25) is 5.91 Å². The van der Waals surface area contributed by atoms with Gasteiger partial charge in [0.05, 0.1) is 6.54 Å². The number of quaternary nitrogens is 1. The molecule has 1 aliphatic heterocycles. The van der Waals surface area contributed by atoms with Crippen LogP contribution in [0.5, 0.6) is 0 Å². The molecule has 3 heteroatoms. The lowest BCUT2D eigenvalue weighted by molar-refractivity contribution is -0.369. The van der Waals surface area contributed by atoms with Crippen molar-refractivity contribution in [3.05, 3.63) is 0 Å². The molecule has 3 nitrogen and oxygen atoms in total. The van der Waals surface area contributed by atoms with Gasteiger partial charge in [-0.3, -0.25) is 4.79 Å². The van der Waals surface area contributed by atoms with Gasteiger partial charge in [-0.15, -0.1) is 0 Å². The van der Waals surface area contributed by atoms with Gasteiger partial charge in [-0.25, -0.2) is 0 Å². The second-order valence-electron chi connectivity index (χ2n) is 3.51. The van der Waals surface area contributed by atoms with E-state index < -0.39 is 0 Å². The first-order valence-corrected chi connectivity index (χ1v) is 4.91. The SMILES string of the molecule is [NH3+]CC[C@@H]1CCCCCC(=O)N1. The molecule has 1 saturated heterocycles. The quantitative estimate of drug-likeness (QED) is 0.607. The number of carbonyl (C=O) groups excluding carboxylic acids is 1. The molecule has 1 heterocycles. The third-order valence-electron chi connectivity index (χ3n) is 2.37. The maximum absolute atomic E-state index is 11.2. The van der Waals surface area contributed by atoms with Crippen LogP contribution in [0, 0.1) is 0 Å². The van der Waals surface area contributed by atoms with Crippen molar-refractivity contribution in [2.45, 2.75) is 44.6 Å². The molecule has 0 saturated carbocycles. The third-order valence-corrected chi connectivity index (χ3v) is 2.37. The molecule has 1 amide bonds. The summed E-state index contributed by atoms with van der Waals surface area (Å²) < 4.78 is 0. The maximum atomic E-state index is 11.2. The molecule has 0 spiro atoms. The van der Waals surface area contributed by atoms with Gasteiger partial charge in [0.1, 0.15) is 0 Å². The van der Waals surface area contributed by atoms with Crippen molar-refractivity contribution in [2.24, 2.45) is 0 Å². The van der Waals surface area contributed by atoms with Gasteiger partial charge in [-0.05, 0) is 12.8 Å². The topological polar surface area (TPSA) is 56.7 Å². The number of nitrogens with one attached hydrogen (secondary N) is 1. The fourth-order valence-corrected chi connectivity index (χ4v) is 1.69. The summed E-state index contributed by atoms with van der Waals surface area (Å²) in [6.07, 6.45) is 6.41. The molecule has 0 aromatic carbocycles. The second kappa shape index (κ2) is 5.14. The first-order valence-electron chi connectivity index (χ1n) is 4.91. The van der Waals surface area contributed by atoms with E-state index in [9.17, 15) is 4.79 Å². The van der Waals surface area contributed by atoms with Crippen LogP contribution in [-0.4, -0.2) is 18.5 Å². The number of hydrogen-bond donors (Lipinski definition) is 2. The van der Waals surface area contributed by atoms with Crippen LogP contribution >= 0.6 is 0 Å². The van der Waals surface area contributed by atoms with E-state index in [2.05, 4.69) is 11.1 Å². The Kier molecular flexibility index (Phi) is 4.08. The molecule has 1 atom stereocenters. The van der Waals surface area contributed by atoms with E-state index in [0.29, 0.717) is 12.5 Å². The number of carbonyl (C=O) groups is 1. The van der Waals surface area contributed by atoms with E-state index >= 15 is 0 Å². The lowest BCUT2D eigenvalue weighted by atomic mass is 10.0. The first-order chi connectivity index (χ1) is 5.83. The van der Waals surface area contributed by atoms with E-state index in [-0.39, 0.29) is 5.91 Å². The fourth-order valence-electron chi connectivity index (χ4n) is 1.69. The minimum absolute atomic E-state index is 0.230. The van der Waals surface area contributed by atoms with Crippen LogP contribution in [0.3, 0.4) is 0 Å². The molecule has 12 heavy (non-hydrogen) atoms. The second-order valence-corrected chi connectivity index (χ2v) is 3.51. The normalized spacial score (nSPS) is 25.8. The van der Waals surface area contributed by atoms with Gasteiger partial charge in [0.15, 0.2) is 0 Å². The summed E-state index contributed by atoms with van der Waals surface area (Å²) in [4.78, 5) is 11.2. The molecule has 0 aromatic heterocycles. The molecular weight excluding hydrogens is 152 g/mol. The van der Waals surface area contributed by atoms with Crippen LogP contribution in [0.15, 0.2) is 0 Å². The Bertz CT molecular complexity index is 147. The van der Waals surface area contributed by atoms with Crippen LogP contribution in [-0.2, 0) is 4.79 Å². The number of hydrogen-bond acceptors (Lipinski definition) is 1. The van der Waals surface area contributed by atoms with Crippen molar-refractivity contribution in [3.63, 3.8) is 0 Å². The van der Waals surface area contributed by atoms with Gasteiger partial charge in [-0.1, -0.05) is 12.8 Å². The predicted octanol–water partition coefficient (Wildman–Crippen LogP) is 0.0673. The summed E-state index contributed by atoms with van der Waals surface area (Å²) in [5, 5.41) is 3.04. The highest BCUT2D eigenvalue weighted by Gasteiger charge is 2.14. The predicted molar refractivity (Wildman–Crippen MR) is 47.4 cm³/mol. The van der Waals surface area contributed by atoms with Crippen molar-refractivity contribution < 1.29 is 10.5 Å². The summed E-state index contributed by atoms with van der Waals surface area (Å²) in [5.41, 5.74) is 3.81. The molecule has 0 radical (unpaired) electrons. The Morgan fingerprint density at radius 3 is 3.00 bits per heavy atom. The molecule has 70 valence electrons. The van der Waals surface area contributed by atoms with Crippen molar-refractivity contribution in [2.75, 3.05) is 6.54 Å². The van der Waals surface area contributed by atoms with Gasteiger partial charge >= 0.3 is 0 Å². The van der Waals surface area contributed by atoms with E-state index in [1.165, 1.54) is 12.8 Å². The van der Waals surface area contributed by atoms with Gasteiger partial charge < -0.3 is 11.1 Å². The maximum Gasteiger partial charge on any atom is 0.220 e. The number of amides is 1. The smallest absolute Gasteiger partial charge is 0.220 e. The Morgan fingerprint density at radius 1 is 1.42 bits per heavy atom. The first kappa shape index (κ1) is 9.52. The summed E-state index contributed by atoms with van der Waals surface area (Å²) in [7, 11) is 0. The average molecular weight is 171 g/mol. The van der Waals surface area contributed by atoms with Crippen molar-refractivity contribution >= 4 is 5.91 Å². The summed E-state index contributed by atoms with van der Waals surface area (Å²) in [6, 6.07) is 0.398. The zero-order valence-corrected chi connectivity index (χ0v) is 7.64. The van der Waals surface area contributed by atoms with E-state index in [4.69, 9.17) is 0 Å². The summed E-state index contributed by atoms with van der Waals surface area (Å²) in [6.45, 7) is 0.922. The molecule has 0 unspecified atom stereocenters. The van der Waals surface area contributed by atoms with Crippen LogP contribution in [0.4, 0.5) is 0 Å². The van der Waals surface area contributed by atoms with Gasteiger partial charge in [0, 0.05) is 18.9 Å². The van der Waals surface area contributed by atoms with E-state index in [0.717, 1.165) is 25.8 Å². The van der Waals surface area contributed by atoms with Crippen molar-refractivity contribution in [1.82, 2.24) is 5.32 Å². The zero-order chi connectivity index (χ0) is 8.81. The summed E-state index contributed by atoms with van der Waals surface area (Å²) >= 11 is 0. The molecule has 1 rings (SSSR count).